The van der Waals surface area contributed by atoms with Crippen molar-refractivity contribution in [1.29, 1.82) is 0 Å². The smallest absolute Gasteiger partial charge is 0.341 e. The molecule has 3 heterocycles. The standard InChI is InChI=1S/C22H22N4O5/c27-20(28)12-31-16-3-1-2-15(10-16)21(29)25-13-22(30)6-9-26(14-22)19-5-8-24-18-4-7-23-11-17(18)19/h1-5,7-8,10-11,30H,6,9,12-14H2,(H,25,29)(H,27,28). The number of anilines is 1. The van der Waals surface area contributed by atoms with Gasteiger partial charge in [0.15, 0.2) is 6.61 Å². The van der Waals surface area contributed by atoms with Crippen LogP contribution in [0.15, 0.2) is 55.0 Å². The predicted molar refractivity (Wildman–Crippen MR) is 113 cm³/mol. The second-order valence-corrected chi connectivity index (χ2v) is 7.51. The molecule has 1 atom stereocenters. The van der Waals surface area contributed by atoms with Gasteiger partial charge in [-0.15, -0.1) is 0 Å². The SMILES string of the molecule is O=C(O)COc1cccc(C(=O)NCC2(O)CCN(c3ccnc4ccncc34)C2)c1. The quantitative estimate of drug-likeness (QED) is 0.523. The molecule has 1 unspecified atom stereocenters. The number of rotatable bonds is 7. The first-order chi connectivity index (χ1) is 14.9. The summed E-state index contributed by atoms with van der Waals surface area (Å²) in [5, 5.41) is 23.4. The Morgan fingerprint density at radius 1 is 1.23 bits per heavy atom. The first-order valence-electron chi connectivity index (χ1n) is 9.82. The molecule has 1 aliphatic rings. The Morgan fingerprint density at radius 2 is 2.10 bits per heavy atom. The van der Waals surface area contributed by atoms with Crippen LogP contribution < -0.4 is 15.0 Å². The Kier molecular flexibility index (Phi) is 5.68. The first-order valence-corrected chi connectivity index (χ1v) is 9.82. The molecular weight excluding hydrogens is 400 g/mol. The van der Waals surface area contributed by atoms with Crippen LogP contribution in [0.25, 0.3) is 10.9 Å². The van der Waals surface area contributed by atoms with Crippen LogP contribution in [-0.4, -0.2) is 63.9 Å². The van der Waals surface area contributed by atoms with E-state index in [0.29, 0.717) is 30.8 Å². The summed E-state index contributed by atoms with van der Waals surface area (Å²) < 4.78 is 5.11. The van der Waals surface area contributed by atoms with Gasteiger partial charge in [0.05, 0.1) is 5.52 Å². The number of nitrogens with zero attached hydrogens (tertiary/aromatic N) is 3. The van der Waals surface area contributed by atoms with Crippen LogP contribution in [0, 0.1) is 0 Å². The number of carbonyl (C=O) groups excluding carboxylic acids is 1. The molecule has 4 rings (SSSR count). The van der Waals surface area contributed by atoms with Crippen LogP contribution in [0.1, 0.15) is 16.8 Å². The minimum atomic E-state index is -1.10. The average molecular weight is 422 g/mol. The summed E-state index contributed by atoms with van der Waals surface area (Å²) in [6, 6.07) is 10.0. The third kappa shape index (κ3) is 4.72. The van der Waals surface area contributed by atoms with Crippen LogP contribution in [0.4, 0.5) is 5.69 Å². The molecule has 160 valence electrons. The van der Waals surface area contributed by atoms with Crippen molar-refractivity contribution in [3.05, 3.63) is 60.6 Å². The lowest BCUT2D eigenvalue weighted by molar-refractivity contribution is -0.139. The number of nitrogens with one attached hydrogen (secondary N) is 1. The number of benzene rings is 1. The van der Waals surface area contributed by atoms with E-state index in [0.717, 1.165) is 16.6 Å². The maximum atomic E-state index is 12.5. The summed E-state index contributed by atoms with van der Waals surface area (Å²) >= 11 is 0. The van der Waals surface area contributed by atoms with Crippen molar-refractivity contribution in [2.75, 3.05) is 31.1 Å². The molecule has 3 N–H and O–H groups in total. The fraction of sp³-hybridized carbons (Fsp3) is 0.273. The van der Waals surface area contributed by atoms with Gasteiger partial charge in [-0.2, -0.15) is 0 Å². The van der Waals surface area contributed by atoms with Gasteiger partial charge in [-0.3, -0.25) is 14.8 Å². The van der Waals surface area contributed by atoms with Crippen molar-refractivity contribution in [2.24, 2.45) is 0 Å². The lowest BCUT2D eigenvalue weighted by Gasteiger charge is -2.25. The first kappa shape index (κ1) is 20.5. The second-order valence-electron chi connectivity index (χ2n) is 7.51. The molecule has 9 nitrogen and oxygen atoms in total. The minimum Gasteiger partial charge on any atom is -0.482 e. The Hall–Kier alpha value is -3.72. The number of carboxylic acid groups (broad SMARTS) is 1. The molecule has 31 heavy (non-hydrogen) atoms. The Labute approximate surface area is 178 Å². The lowest BCUT2D eigenvalue weighted by Crippen LogP contribution is -2.45. The second kappa shape index (κ2) is 8.57. The molecule has 1 fully saturated rings. The van der Waals surface area contributed by atoms with Crippen molar-refractivity contribution >= 4 is 28.5 Å². The normalized spacial score (nSPS) is 18.2. The zero-order valence-corrected chi connectivity index (χ0v) is 16.7. The van der Waals surface area contributed by atoms with Gasteiger partial charge in [0.2, 0.25) is 0 Å². The highest BCUT2D eigenvalue weighted by molar-refractivity contribution is 5.94. The molecule has 0 bridgehead atoms. The van der Waals surface area contributed by atoms with E-state index in [9.17, 15) is 14.7 Å². The number of ether oxygens (including phenoxy) is 1. The van der Waals surface area contributed by atoms with E-state index in [1.54, 1.807) is 36.8 Å². The summed E-state index contributed by atoms with van der Waals surface area (Å²) in [5.74, 6) is -1.18. The van der Waals surface area contributed by atoms with E-state index in [-0.39, 0.29) is 12.5 Å². The van der Waals surface area contributed by atoms with E-state index >= 15 is 0 Å². The van der Waals surface area contributed by atoms with Gasteiger partial charge < -0.3 is 25.2 Å². The molecule has 2 aromatic heterocycles. The lowest BCUT2D eigenvalue weighted by atomic mass is 10.0. The zero-order chi connectivity index (χ0) is 21.8. The van der Waals surface area contributed by atoms with Crippen LogP contribution in [-0.2, 0) is 4.79 Å². The van der Waals surface area contributed by atoms with Gasteiger partial charge in [0, 0.05) is 54.9 Å². The molecule has 1 aromatic carbocycles. The Balaban J connectivity index is 1.39. The Bertz CT molecular complexity index is 1120. The molecule has 1 aliphatic heterocycles. The van der Waals surface area contributed by atoms with Crippen molar-refractivity contribution in [1.82, 2.24) is 15.3 Å². The third-order valence-corrected chi connectivity index (χ3v) is 5.23. The van der Waals surface area contributed by atoms with Gasteiger partial charge in [-0.05, 0) is 36.8 Å². The van der Waals surface area contributed by atoms with Crippen LogP contribution in [0.2, 0.25) is 0 Å². The van der Waals surface area contributed by atoms with Crippen molar-refractivity contribution in [3.63, 3.8) is 0 Å². The zero-order valence-electron chi connectivity index (χ0n) is 16.7. The number of carboxylic acids is 1. The Morgan fingerprint density at radius 3 is 2.94 bits per heavy atom. The molecule has 0 saturated carbocycles. The highest BCUT2D eigenvalue weighted by Crippen LogP contribution is 2.31. The molecule has 9 heteroatoms. The molecule has 0 radical (unpaired) electrons. The monoisotopic (exact) mass is 422 g/mol. The largest absolute Gasteiger partial charge is 0.482 e. The van der Waals surface area contributed by atoms with Crippen molar-refractivity contribution in [2.45, 2.75) is 12.0 Å². The maximum absolute atomic E-state index is 12.5. The summed E-state index contributed by atoms with van der Waals surface area (Å²) in [5.41, 5.74) is 1.03. The maximum Gasteiger partial charge on any atom is 0.341 e. The van der Waals surface area contributed by atoms with Crippen molar-refractivity contribution in [3.8, 4) is 5.75 Å². The number of β-amino-alcohol motifs (C(OH)–C–C–N with tert-alkyl or cyclic N) is 1. The van der Waals surface area contributed by atoms with Gasteiger partial charge in [0.1, 0.15) is 11.4 Å². The minimum absolute atomic E-state index is 0.0871. The summed E-state index contributed by atoms with van der Waals surface area (Å²) in [6.45, 7) is 0.603. The summed E-state index contributed by atoms with van der Waals surface area (Å²) in [4.78, 5) is 33.8. The topological polar surface area (TPSA) is 125 Å². The number of amides is 1. The number of hydrogen-bond acceptors (Lipinski definition) is 7. The van der Waals surface area contributed by atoms with E-state index in [4.69, 9.17) is 9.84 Å². The number of hydrogen-bond donors (Lipinski definition) is 3. The summed E-state index contributed by atoms with van der Waals surface area (Å²) in [6.07, 6.45) is 5.68. The predicted octanol–water partition coefficient (Wildman–Crippen LogP) is 1.46. The van der Waals surface area contributed by atoms with Crippen LogP contribution in [0.5, 0.6) is 5.75 Å². The number of pyridine rings is 2. The molecule has 1 saturated heterocycles. The van der Waals surface area contributed by atoms with Crippen LogP contribution in [0.3, 0.4) is 0 Å². The van der Waals surface area contributed by atoms with Gasteiger partial charge in [-0.1, -0.05) is 6.07 Å². The number of aliphatic hydroxyl groups is 1. The number of aromatic nitrogens is 2. The van der Waals surface area contributed by atoms with Gasteiger partial charge >= 0.3 is 5.97 Å². The molecular formula is C22H22N4O5. The molecule has 0 aliphatic carbocycles. The van der Waals surface area contributed by atoms with Gasteiger partial charge in [-0.25, -0.2) is 4.79 Å². The third-order valence-electron chi connectivity index (χ3n) is 5.23. The number of carbonyl (C=O) groups is 2. The molecule has 0 spiro atoms. The van der Waals surface area contributed by atoms with Crippen molar-refractivity contribution < 1.29 is 24.5 Å². The molecule has 3 aromatic rings. The highest BCUT2D eigenvalue weighted by atomic mass is 16.5. The van der Waals surface area contributed by atoms with Gasteiger partial charge in [0.25, 0.3) is 5.91 Å². The number of fused-ring (bicyclic) bond motifs is 1. The van der Waals surface area contributed by atoms with Crippen LogP contribution >= 0.6 is 0 Å². The summed E-state index contributed by atoms with van der Waals surface area (Å²) in [7, 11) is 0. The van der Waals surface area contributed by atoms with E-state index in [1.165, 1.54) is 6.07 Å². The van der Waals surface area contributed by atoms with E-state index in [1.807, 2.05) is 12.1 Å². The van der Waals surface area contributed by atoms with E-state index < -0.39 is 18.2 Å². The highest BCUT2D eigenvalue weighted by Gasteiger charge is 2.37. The number of aliphatic carboxylic acids is 1. The average Bonchev–Trinajstić information content (AvgIpc) is 3.18. The van der Waals surface area contributed by atoms with E-state index in [2.05, 4.69) is 20.2 Å². The molecule has 1 amide bonds. The fourth-order valence-electron chi connectivity index (χ4n) is 3.68. The fourth-order valence-corrected chi connectivity index (χ4v) is 3.68.